The molecule has 0 saturated heterocycles. The molecule has 0 fully saturated rings. The first-order valence-corrected chi connectivity index (χ1v) is 6.77. The van der Waals surface area contributed by atoms with E-state index in [4.69, 9.17) is 4.74 Å². The highest BCUT2D eigenvalue weighted by Gasteiger charge is 2.16. The first kappa shape index (κ1) is 16.0. The van der Waals surface area contributed by atoms with Gasteiger partial charge in [-0.3, -0.25) is 0 Å². The van der Waals surface area contributed by atoms with Gasteiger partial charge in [-0.2, -0.15) is 0 Å². The summed E-state index contributed by atoms with van der Waals surface area (Å²) in [7, 11) is 1.29. The Kier molecular flexibility index (Phi) is 5.12. The van der Waals surface area contributed by atoms with Gasteiger partial charge in [0.15, 0.2) is 0 Å². The monoisotopic (exact) mass is 304 g/mol. The van der Waals surface area contributed by atoms with E-state index in [9.17, 15) is 14.3 Å². The number of methoxy groups -OCH3 is 1. The van der Waals surface area contributed by atoms with E-state index in [0.29, 0.717) is 16.9 Å². The van der Waals surface area contributed by atoms with Gasteiger partial charge in [0, 0.05) is 0 Å². The number of carbonyl (C=O) groups is 1. The van der Waals surface area contributed by atoms with Crippen LogP contribution in [0.25, 0.3) is 0 Å². The van der Waals surface area contributed by atoms with E-state index < -0.39 is 12.1 Å². The maximum Gasteiger partial charge on any atom is 0.341 e. The third kappa shape index (κ3) is 3.62. The average molecular weight is 304 g/mol. The molecule has 2 aromatic rings. The number of para-hydroxylation sites is 1. The fraction of sp³-hybridized carbons (Fsp3) is 0.235. The molecule has 0 spiro atoms. The van der Waals surface area contributed by atoms with Crippen LogP contribution in [-0.4, -0.2) is 24.8 Å². The van der Waals surface area contributed by atoms with Gasteiger partial charge in [0.05, 0.1) is 7.11 Å². The molecule has 0 aliphatic heterocycles. The van der Waals surface area contributed by atoms with E-state index in [2.05, 4.69) is 4.74 Å². The number of hydrogen-bond acceptors (Lipinski definition) is 4. The summed E-state index contributed by atoms with van der Waals surface area (Å²) in [5, 5.41) is 10.2. The van der Waals surface area contributed by atoms with Gasteiger partial charge in [0.2, 0.25) is 0 Å². The highest BCUT2D eigenvalue weighted by Crippen LogP contribution is 2.23. The molecule has 0 radical (unpaired) electrons. The van der Waals surface area contributed by atoms with Crippen molar-refractivity contribution >= 4 is 5.97 Å². The number of aryl methyl sites for hydroxylation is 1. The fourth-order valence-electron chi connectivity index (χ4n) is 2.14. The predicted octanol–water partition coefficient (Wildman–Crippen LogP) is 3.03. The zero-order valence-corrected chi connectivity index (χ0v) is 12.4. The van der Waals surface area contributed by atoms with Crippen LogP contribution in [0.5, 0.6) is 5.75 Å². The molecule has 0 bridgehead atoms. The molecule has 116 valence electrons. The second kappa shape index (κ2) is 7.04. The van der Waals surface area contributed by atoms with Gasteiger partial charge in [-0.1, -0.05) is 18.2 Å². The van der Waals surface area contributed by atoms with Crippen molar-refractivity contribution in [3.8, 4) is 5.75 Å². The second-order valence-electron chi connectivity index (χ2n) is 4.82. The number of ether oxygens (including phenoxy) is 2. The lowest BCUT2D eigenvalue weighted by atomic mass is 10.0. The van der Waals surface area contributed by atoms with Crippen molar-refractivity contribution in [2.24, 2.45) is 0 Å². The minimum atomic E-state index is -0.925. The number of benzene rings is 2. The van der Waals surface area contributed by atoms with Gasteiger partial charge in [-0.25, -0.2) is 9.18 Å². The van der Waals surface area contributed by atoms with Gasteiger partial charge in [-0.05, 0) is 42.3 Å². The standard InChI is InChI=1S/C17H17FO4/c1-11-9-12(18)7-8-13(11)15(19)10-22-16-6-4-3-5-14(16)17(20)21-2/h3-9,15,19H,10H2,1-2H3. The number of aliphatic hydroxyl groups excluding tert-OH is 1. The van der Waals surface area contributed by atoms with Crippen molar-refractivity contribution in [3.05, 3.63) is 65.0 Å². The SMILES string of the molecule is COC(=O)c1ccccc1OCC(O)c1ccc(F)cc1C. The van der Waals surface area contributed by atoms with E-state index >= 15 is 0 Å². The van der Waals surface area contributed by atoms with Crippen LogP contribution in [0.4, 0.5) is 4.39 Å². The third-order valence-corrected chi connectivity index (χ3v) is 3.28. The van der Waals surface area contributed by atoms with Gasteiger partial charge in [0.1, 0.15) is 29.8 Å². The summed E-state index contributed by atoms with van der Waals surface area (Å²) in [5.74, 6) is -0.540. The molecule has 1 atom stereocenters. The Morgan fingerprint density at radius 2 is 2.00 bits per heavy atom. The Morgan fingerprint density at radius 1 is 1.27 bits per heavy atom. The zero-order chi connectivity index (χ0) is 16.1. The summed E-state index contributed by atoms with van der Waals surface area (Å²) in [5.41, 5.74) is 1.50. The van der Waals surface area contributed by atoms with Crippen LogP contribution in [0.2, 0.25) is 0 Å². The summed E-state index contributed by atoms with van der Waals surface area (Å²) >= 11 is 0. The lowest BCUT2D eigenvalue weighted by molar-refractivity contribution is 0.0588. The number of esters is 1. The largest absolute Gasteiger partial charge is 0.490 e. The summed E-state index contributed by atoms with van der Waals surface area (Å²) in [4.78, 5) is 11.6. The average Bonchev–Trinajstić information content (AvgIpc) is 2.52. The van der Waals surface area contributed by atoms with Crippen LogP contribution in [-0.2, 0) is 4.74 Å². The topological polar surface area (TPSA) is 55.8 Å². The lowest BCUT2D eigenvalue weighted by Crippen LogP contribution is -2.13. The third-order valence-electron chi connectivity index (χ3n) is 3.28. The molecule has 2 rings (SSSR count). The van der Waals surface area contributed by atoms with E-state index in [1.165, 1.54) is 25.3 Å². The lowest BCUT2D eigenvalue weighted by Gasteiger charge is -2.16. The van der Waals surface area contributed by atoms with Crippen molar-refractivity contribution < 1.29 is 23.8 Å². The number of rotatable bonds is 5. The summed E-state index contributed by atoms with van der Waals surface area (Å²) in [6.45, 7) is 1.66. The van der Waals surface area contributed by atoms with E-state index in [0.717, 1.165) is 0 Å². The molecular weight excluding hydrogens is 287 g/mol. The molecule has 5 heteroatoms. The molecule has 0 amide bonds. The van der Waals surface area contributed by atoms with E-state index in [1.807, 2.05) is 0 Å². The minimum Gasteiger partial charge on any atom is -0.490 e. The second-order valence-corrected chi connectivity index (χ2v) is 4.82. The Morgan fingerprint density at radius 3 is 2.68 bits per heavy atom. The molecule has 0 heterocycles. The first-order chi connectivity index (χ1) is 10.5. The molecule has 0 aliphatic rings. The van der Waals surface area contributed by atoms with Gasteiger partial charge < -0.3 is 14.6 Å². The smallest absolute Gasteiger partial charge is 0.341 e. The zero-order valence-electron chi connectivity index (χ0n) is 12.4. The predicted molar refractivity (Wildman–Crippen MR) is 79.4 cm³/mol. The highest BCUT2D eigenvalue weighted by molar-refractivity contribution is 5.92. The molecule has 0 saturated carbocycles. The number of carbonyl (C=O) groups excluding carboxylic acids is 1. The first-order valence-electron chi connectivity index (χ1n) is 6.77. The minimum absolute atomic E-state index is 0.0551. The molecule has 1 N–H and O–H groups in total. The van der Waals surface area contributed by atoms with Crippen LogP contribution >= 0.6 is 0 Å². The number of hydrogen-bond donors (Lipinski definition) is 1. The van der Waals surface area contributed by atoms with Crippen LogP contribution in [0.15, 0.2) is 42.5 Å². The summed E-state index contributed by atoms with van der Waals surface area (Å²) in [6, 6.07) is 10.8. The van der Waals surface area contributed by atoms with Crippen molar-refractivity contribution in [2.75, 3.05) is 13.7 Å². The quantitative estimate of drug-likeness (QED) is 0.863. The summed E-state index contributed by atoms with van der Waals surface area (Å²) < 4.78 is 23.3. The van der Waals surface area contributed by atoms with Crippen LogP contribution < -0.4 is 4.74 Å². The molecule has 2 aromatic carbocycles. The van der Waals surface area contributed by atoms with Crippen molar-refractivity contribution in [1.29, 1.82) is 0 Å². The molecule has 0 aromatic heterocycles. The highest BCUT2D eigenvalue weighted by atomic mass is 19.1. The number of aliphatic hydroxyl groups is 1. The Labute approximate surface area is 128 Å². The van der Waals surface area contributed by atoms with Gasteiger partial charge >= 0.3 is 5.97 Å². The van der Waals surface area contributed by atoms with Crippen LogP contribution in [0.3, 0.4) is 0 Å². The van der Waals surface area contributed by atoms with Crippen molar-refractivity contribution in [3.63, 3.8) is 0 Å². The summed E-state index contributed by atoms with van der Waals surface area (Å²) in [6.07, 6.45) is -0.925. The fourth-order valence-corrected chi connectivity index (χ4v) is 2.14. The molecule has 4 nitrogen and oxygen atoms in total. The maximum atomic E-state index is 13.1. The molecule has 22 heavy (non-hydrogen) atoms. The Balaban J connectivity index is 2.11. The maximum absolute atomic E-state index is 13.1. The van der Waals surface area contributed by atoms with Gasteiger partial charge in [0.25, 0.3) is 0 Å². The van der Waals surface area contributed by atoms with Crippen LogP contribution in [0.1, 0.15) is 27.6 Å². The molecular formula is C17H17FO4. The van der Waals surface area contributed by atoms with Gasteiger partial charge in [-0.15, -0.1) is 0 Å². The Hall–Kier alpha value is -2.40. The van der Waals surface area contributed by atoms with Crippen molar-refractivity contribution in [2.45, 2.75) is 13.0 Å². The van der Waals surface area contributed by atoms with Crippen molar-refractivity contribution in [1.82, 2.24) is 0 Å². The number of halogens is 1. The normalized spacial score (nSPS) is 11.8. The molecule has 1 unspecified atom stereocenters. The Bertz CT molecular complexity index is 669. The van der Waals surface area contributed by atoms with E-state index in [-0.39, 0.29) is 18.0 Å². The molecule has 0 aliphatic carbocycles. The van der Waals surface area contributed by atoms with E-state index in [1.54, 1.807) is 31.2 Å². The van der Waals surface area contributed by atoms with Crippen LogP contribution in [0, 0.1) is 12.7 Å².